The number of amides is 1. The number of benzene rings is 2. The third-order valence-electron chi connectivity index (χ3n) is 6.03. The van der Waals surface area contributed by atoms with Gasteiger partial charge in [-0.25, -0.2) is 13.1 Å². The highest BCUT2D eigenvalue weighted by Gasteiger charge is 2.28. The van der Waals surface area contributed by atoms with Gasteiger partial charge in [-0.15, -0.1) is 0 Å². The fraction of sp³-hybridized carbons (Fsp3) is 0.333. The number of pyridine rings is 1. The topological polar surface area (TPSA) is 97.4 Å². The summed E-state index contributed by atoms with van der Waals surface area (Å²) in [6.07, 6.45) is 4.63. The Morgan fingerprint density at radius 3 is 2.56 bits per heavy atom. The number of anilines is 1. The van der Waals surface area contributed by atoms with Crippen molar-refractivity contribution < 1.29 is 17.9 Å². The Morgan fingerprint density at radius 1 is 1.03 bits per heavy atom. The smallest absolute Gasteiger partial charge is 0.242 e. The predicted octanol–water partition coefficient (Wildman–Crippen LogP) is 3.97. The molecule has 1 aromatic heterocycles. The second-order valence-corrected chi connectivity index (χ2v) is 9.83. The fourth-order valence-corrected chi connectivity index (χ4v) is 5.50. The Bertz CT molecular complexity index is 1200. The van der Waals surface area contributed by atoms with Gasteiger partial charge in [-0.05, 0) is 55.9 Å². The fourth-order valence-electron chi connectivity index (χ4n) is 4.21. The molecule has 7 nitrogen and oxygen atoms in total. The molecule has 0 aliphatic heterocycles. The van der Waals surface area contributed by atoms with Crippen LogP contribution in [0.4, 0.5) is 5.69 Å². The quantitative estimate of drug-likeness (QED) is 0.564. The Hall–Kier alpha value is -2.97. The van der Waals surface area contributed by atoms with Gasteiger partial charge in [0.2, 0.25) is 15.9 Å². The molecule has 1 heterocycles. The van der Waals surface area contributed by atoms with Crippen molar-refractivity contribution in [3.63, 3.8) is 0 Å². The summed E-state index contributed by atoms with van der Waals surface area (Å²) < 4.78 is 33.8. The predicted molar refractivity (Wildman–Crippen MR) is 124 cm³/mol. The molecule has 3 aromatic rings. The van der Waals surface area contributed by atoms with Crippen LogP contribution in [-0.4, -0.2) is 33.0 Å². The van der Waals surface area contributed by atoms with Gasteiger partial charge in [0.1, 0.15) is 10.6 Å². The van der Waals surface area contributed by atoms with Gasteiger partial charge >= 0.3 is 0 Å². The van der Waals surface area contributed by atoms with Crippen LogP contribution in [-0.2, 0) is 14.8 Å². The molecule has 0 saturated heterocycles. The molecule has 4 rings (SSSR count). The molecule has 1 aliphatic carbocycles. The van der Waals surface area contributed by atoms with Crippen molar-refractivity contribution in [1.29, 1.82) is 0 Å². The molecular weight excluding hydrogens is 426 g/mol. The molecule has 0 unspecified atom stereocenters. The van der Waals surface area contributed by atoms with E-state index in [-0.39, 0.29) is 22.6 Å². The molecular formula is C24H27N3O4S. The minimum absolute atomic E-state index is 0.0182. The number of hydrogen-bond donors (Lipinski definition) is 2. The largest absolute Gasteiger partial charge is 0.495 e. The van der Waals surface area contributed by atoms with E-state index < -0.39 is 10.0 Å². The van der Waals surface area contributed by atoms with E-state index in [0.29, 0.717) is 23.5 Å². The number of nitrogens with zero attached hydrogens (tertiary/aromatic N) is 1. The summed E-state index contributed by atoms with van der Waals surface area (Å²) >= 11 is 0. The lowest BCUT2D eigenvalue weighted by Gasteiger charge is -2.28. The van der Waals surface area contributed by atoms with Gasteiger partial charge in [0.25, 0.3) is 0 Å². The number of carbonyl (C=O) groups is 1. The van der Waals surface area contributed by atoms with Crippen LogP contribution in [0.5, 0.6) is 5.75 Å². The number of hydrogen-bond acceptors (Lipinski definition) is 5. The SMILES string of the molecule is COc1ccccc1NC(=O)C1CCC(CNS(=O)(=O)c2cccc3cccnc23)CC1. The van der Waals surface area contributed by atoms with Crippen molar-refractivity contribution in [3.8, 4) is 5.75 Å². The Morgan fingerprint density at radius 2 is 1.78 bits per heavy atom. The number of para-hydroxylation sites is 3. The van der Waals surface area contributed by atoms with Crippen LogP contribution >= 0.6 is 0 Å². The molecule has 2 N–H and O–H groups in total. The number of nitrogens with one attached hydrogen (secondary N) is 2. The summed E-state index contributed by atoms with van der Waals surface area (Å²) in [7, 11) is -2.10. The van der Waals surface area contributed by atoms with Crippen LogP contribution < -0.4 is 14.8 Å². The lowest BCUT2D eigenvalue weighted by molar-refractivity contribution is -0.121. The Kier molecular flexibility index (Phi) is 6.72. The van der Waals surface area contributed by atoms with Gasteiger partial charge in [0.05, 0.1) is 18.3 Å². The minimum atomic E-state index is -3.67. The number of sulfonamides is 1. The summed E-state index contributed by atoms with van der Waals surface area (Å²) in [5.41, 5.74) is 1.14. The summed E-state index contributed by atoms with van der Waals surface area (Å²) in [5, 5.41) is 3.75. The molecule has 168 valence electrons. The summed E-state index contributed by atoms with van der Waals surface area (Å²) in [6.45, 7) is 0.354. The summed E-state index contributed by atoms with van der Waals surface area (Å²) in [6, 6.07) is 16.1. The van der Waals surface area contributed by atoms with Crippen molar-refractivity contribution in [1.82, 2.24) is 9.71 Å². The average molecular weight is 454 g/mol. The number of fused-ring (bicyclic) bond motifs is 1. The van der Waals surface area contributed by atoms with Crippen LogP contribution in [0.1, 0.15) is 25.7 Å². The monoisotopic (exact) mass is 453 g/mol. The lowest BCUT2D eigenvalue weighted by Crippen LogP contribution is -2.33. The molecule has 1 fully saturated rings. The normalized spacial score (nSPS) is 18.9. The van der Waals surface area contributed by atoms with E-state index in [1.807, 2.05) is 36.4 Å². The molecule has 1 aliphatic rings. The average Bonchev–Trinajstić information content (AvgIpc) is 2.83. The van der Waals surface area contributed by atoms with E-state index in [1.165, 1.54) is 0 Å². The molecule has 0 bridgehead atoms. The van der Waals surface area contributed by atoms with Gasteiger partial charge in [0.15, 0.2) is 0 Å². The van der Waals surface area contributed by atoms with Crippen LogP contribution in [0.2, 0.25) is 0 Å². The molecule has 0 spiro atoms. The number of ether oxygens (including phenoxy) is 1. The zero-order chi connectivity index (χ0) is 22.6. The molecule has 0 atom stereocenters. The van der Waals surface area contributed by atoms with E-state index in [2.05, 4.69) is 15.0 Å². The number of carbonyl (C=O) groups excluding carboxylic acids is 1. The zero-order valence-corrected chi connectivity index (χ0v) is 18.8. The minimum Gasteiger partial charge on any atom is -0.495 e. The number of aromatic nitrogens is 1. The van der Waals surface area contributed by atoms with E-state index in [9.17, 15) is 13.2 Å². The summed E-state index contributed by atoms with van der Waals surface area (Å²) in [5.74, 6) is 0.722. The second kappa shape index (κ2) is 9.67. The second-order valence-electron chi connectivity index (χ2n) is 8.09. The van der Waals surface area contributed by atoms with Gasteiger partial charge < -0.3 is 10.1 Å². The van der Waals surface area contributed by atoms with Gasteiger partial charge in [0, 0.05) is 24.0 Å². The van der Waals surface area contributed by atoms with Crippen molar-refractivity contribution in [2.45, 2.75) is 30.6 Å². The highest BCUT2D eigenvalue weighted by atomic mass is 32.2. The maximum absolute atomic E-state index is 12.9. The number of rotatable bonds is 7. The molecule has 1 amide bonds. The maximum atomic E-state index is 12.9. The highest BCUT2D eigenvalue weighted by Crippen LogP contribution is 2.31. The molecule has 8 heteroatoms. The van der Waals surface area contributed by atoms with Gasteiger partial charge in [-0.3, -0.25) is 9.78 Å². The maximum Gasteiger partial charge on any atom is 0.242 e. The third kappa shape index (κ3) is 4.92. The highest BCUT2D eigenvalue weighted by molar-refractivity contribution is 7.89. The van der Waals surface area contributed by atoms with Crippen LogP contribution in [0.3, 0.4) is 0 Å². The molecule has 1 saturated carbocycles. The standard InChI is InChI=1S/C24H27N3O4S/c1-31-21-9-3-2-8-20(21)27-24(28)19-13-11-17(12-14-19)16-26-32(29,30)22-10-4-6-18-7-5-15-25-23(18)22/h2-10,15,17,19,26H,11-14,16H2,1H3,(H,27,28). The molecule has 32 heavy (non-hydrogen) atoms. The third-order valence-corrected chi connectivity index (χ3v) is 7.48. The Balaban J connectivity index is 1.32. The first-order chi connectivity index (χ1) is 15.5. The first kappa shape index (κ1) is 22.2. The van der Waals surface area contributed by atoms with E-state index in [4.69, 9.17) is 4.74 Å². The summed E-state index contributed by atoms with van der Waals surface area (Å²) in [4.78, 5) is 17.1. The first-order valence-corrected chi connectivity index (χ1v) is 12.2. The van der Waals surface area contributed by atoms with E-state index in [0.717, 1.165) is 31.1 Å². The van der Waals surface area contributed by atoms with Crippen molar-refractivity contribution in [3.05, 3.63) is 60.8 Å². The lowest BCUT2D eigenvalue weighted by atomic mass is 9.81. The number of methoxy groups -OCH3 is 1. The van der Waals surface area contributed by atoms with E-state index in [1.54, 1.807) is 31.5 Å². The van der Waals surface area contributed by atoms with Gasteiger partial charge in [-0.2, -0.15) is 0 Å². The van der Waals surface area contributed by atoms with Crippen molar-refractivity contribution in [2.75, 3.05) is 19.0 Å². The van der Waals surface area contributed by atoms with Crippen LogP contribution in [0, 0.1) is 11.8 Å². The van der Waals surface area contributed by atoms with Crippen molar-refractivity contribution >= 4 is 32.5 Å². The van der Waals surface area contributed by atoms with Crippen LogP contribution in [0.25, 0.3) is 10.9 Å². The molecule has 2 aromatic carbocycles. The molecule has 0 radical (unpaired) electrons. The van der Waals surface area contributed by atoms with Crippen molar-refractivity contribution in [2.24, 2.45) is 11.8 Å². The van der Waals surface area contributed by atoms with Gasteiger partial charge in [-0.1, -0.05) is 30.3 Å². The van der Waals surface area contributed by atoms with Crippen LogP contribution in [0.15, 0.2) is 65.7 Å². The zero-order valence-electron chi connectivity index (χ0n) is 18.0. The van der Waals surface area contributed by atoms with E-state index >= 15 is 0 Å². The Labute approximate surface area is 188 Å². The first-order valence-electron chi connectivity index (χ1n) is 10.8.